The Hall–Kier alpha value is -3.58. The summed E-state index contributed by atoms with van der Waals surface area (Å²) in [7, 11) is 0. The minimum absolute atomic E-state index is 0.0489. The molecule has 0 aliphatic carbocycles. The molecule has 2 aromatic carbocycles. The SMILES string of the molecule is CCOCc1c(C(=O)OCC(=O)N[C@H](C)c2cc3ccccc3o2)oc2ccccc12. The molecule has 0 saturated heterocycles. The van der Waals surface area contributed by atoms with Gasteiger partial charge in [0.2, 0.25) is 5.76 Å². The average molecular weight is 421 g/mol. The highest BCUT2D eigenvalue weighted by molar-refractivity contribution is 5.96. The minimum atomic E-state index is -0.711. The predicted molar refractivity (Wildman–Crippen MR) is 115 cm³/mol. The Labute approximate surface area is 178 Å². The monoisotopic (exact) mass is 421 g/mol. The molecule has 1 amide bonds. The summed E-state index contributed by atoms with van der Waals surface area (Å²) in [4.78, 5) is 24.9. The van der Waals surface area contributed by atoms with Gasteiger partial charge in [-0.3, -0.25) is 4.79 Å². The zero-order valence-corrected chi connectivity index (χ0v) is 17.3. The first-order valence-electron chi connectivity index (χ1n) is 10.1. The molecule has 0 radical (unpaired) electrons. The molecule has 0 aliphatic heterocycles. The van der Waals surface area contributed by atoms with Crippen LogP contribution in [-0.4, -0.2) is 25.1 Å². The van der Waals surface area contributed by atoms with Gasteiger partial charge in [0.1, 0.15) is 16.9 Å². The van der Waals surface area contributed by atoms with Gasteiger partial charge in [-0.1, -0.05) is 36.4 Å². The third-order valence-corrected chi connectivity index (χ3v) is 4.92. The first-order valence-corrected chi connectivity index (χ1v) is 10.1. The van der Waals surface area contributed by atoms with Gasteiger partial charge in [-0.15, -0.1) is 0 Å². The fourth-order valence-electron chi connectivity index (χ4n) is 3.38. The second kappa shape index (κ2) is 9.06. The van der Waals surface area contributed by atoms with Crippen LogP contribution in [0.3, 0.4) is 0 Å². The molecule has 2 aromatic heterocycles. The molecular formula is C24H23NO6. The van der Waals surface area contributed by atoms with Crippen LogP contribution < -0.4 is 5.32 Å². The molecule has 0 unspecified atom stereocenters. The number of carbonyl (C=O) groups is 2. The molecule has 0 bridgehead atoms. The highest BCUT2D eigenvalue weighted by Crippen LogP contribution is 2.27. The van der Waals surface area contributed by atoms with E-state index >= 15 is 0 Å². The van der Waals surface area contributed by atoms with Crippen LogP contribution in [-0.2, 0) is 20.9 Å². The van der Waals surface area contributed by atoms with Gasteiger partial charge in [-0.25, -0.2) is 4.79 Å². The topological polar surface area (TPSA) is 90.9 Å². The number of hydrogen-bond acceptors (Lipinski definition) is 6. The van der Waals surface area contributed by atoms with E-state index in [1.165, 1.54) is 0 Å². The van der Waals surface area contributed by atoms with Crippen LogP contribution in [0.2, 0.25) is 0 Å². The summed E-state index contributed by atoms with van der Waals surface area (Å²) in [6.45, 7) is 3.95. The number of para-hydroxylation sites is 2. The van der Waals surface area contributed by atoms with Crippen molar-refractivity contribution in [1.29, 1.82) is 0 Å². The van der Waals surface area contributed by atoms with E-state index in [0.717, 1.165) is 16.4 Å². The summed E-state index contributed by atoms with van der Waals surface area (Å²) < 4.78 is 22.1. The van der Waals surface area contributed by atoms with Crippen molar-refractivity contribution in [3.05, 3.63) is 71.7 Å². The fraction of sp³-hybridized carbons (Fsp3) is 0.250. The fourth-order valence-corrected chi connectivity index (χ4v) is 3.38. The van der Waals surface area contributed by atoms with Crippen molar-refractivity contribution < 1.29 is 27.9 Å². The molecule has 4 rings (SSSR count). The van der Waals surface area contributed by atoms with Crippen LogP contribution >= 0.6 is 0 Å². The Kier molecular flexibility index (Phi) is 6.04. The molecule has 2 heterocycles. The molecule has 1 N–H and O–H groups in total. The van der Waals surface area contributed by atoms with E-state index in [0.29, 0.717) is 23.5 Å². The molecular weight excluding hydrogens is 398 g/mol. The van der Waals surface area contributed by atoms with Gasteiger partial charge in [0.25, 0.3) is 5.91 Å². The lowest BCUT2D eigenvalue weighted by molar-refractivity contribution is -0.125. The number of ether oxygens (including phenoxy) is 2. The number of benzene rings is 2. The maximum absolute atomic E-state index is 12.6. The summed E-state index contributed by atoms with van der Waals surface area (Å²) in [6, 6.07) is 16.4. The number of rotatable bonds is 8. The number of amides is 1. The van der Waals surface area contributed by atoms with Crippen LogP contribution in [0.1, 0.15) is 41.8 Å². The highest BCUT2D eigenvalue weighted by atomic mass is 16.5. The lowest BCUT2D eigenvalue weighted by Gasteiger charge is -2.11. The zero-order valence-electron chi connectivity index (χ0n) is 17.3. The largest absolute Gasteiger partial charge is 0.459 e. The molecule has 0 aliphatic rings. The number of furan rings is 2. The first-order chi connectivity index (χ1) is 15.1. The van der Waals surface area contributed by atoms with Crippen LogP contribution in [0.25, 0.3) is 21.9 Å². The van der Waals surface area contributed by atoms with Crippen molar-refractivity contribution in [2.45, 2.75) is 26.5 Å². The van der Waals surface area contributed by atoms with Crippen molar-refractivity contribution in [1.82, 2.24) is 5.32 Å². The molecule has 1 atom stereocenters. The van der Waals surface area contributed by atoms with Gasteiger partial charge in [-0.05, 0) is 32.0 Å². The molecule has 0 spiro atoms. The first kappa shape index (κ1) is 20.7. The number of nitrogens with one attached hydrogen (secondary N) is 1. The van der Waals surface area contributed by atoms with Crippen LogP contribution in [0.15, 0.2) is 63.4 Å². The number of fused-ring (bicyclic) bond motifs is 2. The van der Waals surface area contributed by atoms with Gasteiger partial charge in [-0.2, -0.15) is 0 Å². The summed E-state index contributed by atoms with van der Waals surface area (Å²) in [5, 5.41) is 4.51. The molecule has 31 heavy (non-hydrogen) atoms. The Bertz CT molecular complexity index is 1190. The summed E-state index contributed by atoms with van der Waals surface area (Å²) in [5.41, 5.74) is 1.92. The van der Waals surface area contributed by atoms with Gasteiger partial charge >= 0.3 is 5.97 Å². The second-order valence-electron chi connectivity index (χ2n) is 7.09. The number of esters is 1. The van der Waals surface area contributed by atoms with Crippen molar-refractivity contribution in [3.63, 3.8) is 0 Å². The molecule has 7 heteroatoms. The highest BCUT2D eigenvalue weighted by Gasteiger charge is 2.23. The van der Waals surface area contributed by atoms with Crippen LogP contribution in [0.4, 0.5) is 0 Å². The molecule has 0 fully saturated rings. The van der Waals surface area contributed by atoms with Gasteiger partial charge in [0.05, 0.1) is 12.6 Å². The summed E-state index contributed by atoms with van der Waals surface area (Å²) in [6.07, 6.45) is 0. The Morgan fingerprint density at radius 1 is 1.03 bits per heavy atom. The summed E-state index contributed by atoms with van der Waals surface area (Å²) >= 11 is 0. The maximum Gasteiger partial charge on any atom is 0.375 e. The van der Waals surface area contributed by atoms with Crippen molar-refractivity contribution in [2.75, 3.05) is 13.2 Å². The zero-order chi connectivity index (χ0) is 21.8. The van der Waals surface area contributed by atoms with Crippen molar-refractivity contribution >= 4 is 33.8 Å². The van der Waals surface area contributed by atoms with Crippen molar-refractivity contribution in [2.24, 2.45) is 0 Å². The van der Waals surface area contributed by atoms with Gasteiger partial charge in [0.15, 0.2) is 6.61 Å². The third-order valence-electron chi connectivity index (χ3n) is 4.92. The van der Waals surface area contributed by atoms with E-state index in [2.05, 4.69) is 5.32 Å². The standard InChI is InChI=1S/C24H23NO6/c1-3-28-13-18-17-9-5-7-11-20(17)31-23(18)24(27)29-14-22(26)25-15(2)21-12-16-8-4-6-10-19(16)30-21/h4-12,15H,3,13-14H2,1-2H3,(H,25,26)/t15-/m1/s1. The normalized spacial score (nSPS) is 12.2. The molecule has 0 saturated carbocycles. The van der Waals surface area contributed by atoms with E-state index in [9.17, 15) is 9.59 Å². The van der Waals surface area contributed by atoms with Crippen LogP contribution in [0.5, 0.6) is 0 Å². The minimum Gasteiger partial charge on any atom is -0.459 e. The van der Waals surface area contributed by atoms with E-state index in [1.807, 2.05) is 55.5 Å². The van der Waals surface area contributed by atoms with E-state index in [4.69, 9.17) is 18.3 Å². The number of hydrogen-bond donors (Lipinski definition) is 1. The maximum atomic E-state index is 12.6. The smallest absolute Gasteiger partial charge is 0.375 e. The van der Waals surface area contributed by atoms with E-state index in [-0.39, 0.29) is 18.4 Å². The van der Waals surface area contributed by atoms with Gasteiger partial charge < -0.3 is 23.6 Å². The third kappa shape index (κ3) is 4.46. The lowest BCUT2D eigenvalue weighted by atomic mass is 10.1. The second-order valence-corrected chi connectivity index (χ2v) is 7.09. The Morgan fingerprint density at radius 2 is 1.77 bits per heavy atom. The van der Waals surface area contributed by atoms with E-state index in [1.54, 1.807) is 13.0 Å². The Balaban J connectivity index is 1.40. The van der Waals surface area contributed by atoms with Gasteiger partial charge in [0, 0.05) is 22.9 Å². The van der Waals surface area contributed by atoms with Crippen LogP contribution in [0, 0.1) is 0 Å². The molecule has 160 valence electrons. The lowest BCUT2D eigenvalue weighted by Crippen LogP contribution is -2.31. The quantitative estimate of drug-likeness (QED) is 0.413. The van der Waals surface area contributed by atoms with Crippen molar-refractivity contribution in [3.8, 4) is 0 Å². The van der Waals surface area contributed by atoms with E-state index < -0.39 is 18.5 Å². The predicted octanol–water partition coefficient (Wildman–Crippen LogP) is 4.75. The average Bonchev–Trinajstić information content (AvgIpc) is 3.37. The number of carbonyl (C=O) groups excluding carboxylic acids is 2. The summed E-state index contributed by atoms with van der Waals surface area (Å²) in [5.74, 6) is -0.480. The molecule has 4 aromatic rings. The molecule has 7 nitrogen and oxygen atoms in total. The Morgan fingerprint density at radius 3 is 2.55 bits per heavy atom.